The molecular formula is C51H25BF24O3. The Morgan fingerprint density at radius 1 is 0.266 bits per heavy atom. The van der Waals surface area contributed by atoms with Crippen LogP contribution in [0.25, 0.3) is 44.5 Å². The highest BCUT2D eigenvalue weighted by atomic mass is 19.4. The fraction of sp³-hybridized carbons (Fsp3) is 0.176. The normalized spacial score (nSPS) is 13.5. The first kappa shape index (κ1) is 59.5. The zero-order chi connectivity index (χ0) is 59.0. The Kier molecular flexibility index (Phi) is 15.2. The molecule has 418 valence electrons. The summed E-state index contributed by atoms with van der Waals surface area (Å²) in [7, 11) is -3.37. The molecule has 0 atom stereocenters. The SMILES string of the molecule is OB(O)OC(c1ccccc1)(c1ccccc1)c1cc(-c2cc(C(F)(F)F)cc(C(F)(F)F)c2)c(-c2cc(C(F)(F)F)cc(C(F)(F)F)c2)c(-c2cc(C(F)(F)F)cc(C(F)(F)F)c2)c1-c1cc(C(F)(F)F)cc(C(F)(F)F)c1. The Bertz CT molecular complexity index is 3220. The Hall–Kier alpha value is -7.20. The van der Waals surface area contributed by atoms with E-state index in [1.54, 1.807) is 0 Å². The molecule has 0 bridgehead atoms. The predicted molar refractivity (Wildman–Crippen MR) is 232 cm³/mol. The number of benzene rings is 7. The lowest BCUT2D eigenvalue weighted by atomic mass is 9.70. The minimum absolute atomic E-state index is 0.0888. The molecule has 0 aliphatic rings. The van der Waals surface area contributed by atoms with E-state index in [0.29, 0.717) is 0 Å². The van der Waals surface area contributed by atoms with Gasteiger partial charge in [0.05, 0.1) is 44.5 Å². The molecule has 79 heavy (non-hydrogen) atoms. The van der Waals surface area contributed by atoms with Gasteiger partial charge < -0.3 is 14.7 Å². The summed E-state index contributed by atoms with van der Waals surface area (Å²) < 4.78 is 364. The standard InChI is InChI=1S/C51H25BF24O3/c53-44(54,55)30-11-24(12-31(19-30)45(56,57)58)38-23-39(43(79-52(77)78,28-7-3-1-4-8-28)29-9-5-2-6-10-29)41(26-15-34(48(65,66)67)21-35(16-26)49(68,69)70)42(27-17-36(50(71,72)73)22-37(18-27)51(74,75)76)40(38)25-13-32(46(59,60)61)20-33(14-25)47(62,63)64/h1-23,77-78H. The van der Waals surface area contributed by atoms with Crippen LogP contribution in [0.15, 0.2) is 140 Å². The molecule has 2 N–H and O–H groups in total. The maximum Gasteiger partial charge on any atom is 0.635 e. The van der Waals surface area contributed by atoms with E-state index in [1.165, 1.54) is 0 Å². The molecule has 0 radical (unpaired) electrons. The van der Waals surface area contributed by atoms with Gasteiger partial charge in [-0.1, -0.05) is 60.7 Å². The zero-order valence-corrected chi connectivity index (χ0v) is 38.2. The van der Waals surface area contributed by atoms with Crippen molar-refractivity contribution in [3.63, 3.8) is 0 Å². The minimum Gasteiger partial charge on any atom is -0.402 e. The predicted octanol–water partition coefficient (Wildman–Crippen LogP) is 17.8. The van der Waals surface area contributed by atoms with Gasteiger partial charge in [0.25, 0.3) is 0 Å². The highest BCUT2D eigenvalue weighted by Crippen LogP contribution is 2.57. The van der Waals surface area contributed by atoms with Crippen molar-refractivity contribution in [2.45, 2.75) is 55.0 Å². The molecule has 28 heteroatoms. The van der Waals surface area contributed by atoms with Crippen LogP contribution in [-0.2, 0) is 59.7 Å². The first-order chi connectivity index (χ1) is 36.0. The molecule has 0 aromatic heterocycles. The third-order valence-corrected chi connectivity index (χ3v) is 11.9. The first-order valence-electron chi connectivity index (χ1n) is 21.6. The van der Waals surface area contributed by atoms with E-state index in [1.807, 2.05) is 0 Å². The molecular weight excluding hydrogens is 1130 g/mol. The van der Waals surface area contributed by atoms with Crippen molar-refractivity contribution in [1.29, 1.82) is 0 Å². The number of halogens is 24. The second-order valence-electron chi connectivity index (χ2n) is 17.1. The number of alkyl halides is 24. The highest BCUT2D eigenvalue weighted by molar-refractivity contribution is 6.33. The van der Waals surface area contributed by atoms with Gasteiger partial charge in [0, 0.05) is 5.56 Å². The third kappa shape index (κ3) is 12.5. The van der Waals surface area contributed by atoms with E-state index < -0.39 is 217 Å². The van der Waals surface area contributed by atoms with Crippen LogP contribution in [0.5, 0.6) is 0 Å². The third-order valence-electron chi connectivity index (χ3n) is 11.9. The van der Waals surface area contributed by atoms with Gasteiger partial charge in [-0.3, -0.25) is 0 Å². The lowest BCUT2D eigenvalue weighted by molar-refractivity contribution is -0.144. The summed E-state index contributed by atoms with van der Waals surface area (Å²) in [6.45, 7) is 0. The van der Waals surface area contributed by atoms with Crippen LogP contribution in [0.3, 0.4) is 0 Å². The molecule has 0 amide bonds. The molecule has 0 aliphatic carbocycles. The van der Waals surface area contributed by atoms with Crippen molar-refractivity contribution < 1.29 is 120 Å². The fourth-order valence-corrected chi connectivity index (χ4v) is 8.67. The average molecular weight is 1150 g/mol. The number of hydrogen-bond donors (Lipinski definition) is 2. The summed E-state index contributed by atoms with van der Waals surface area (Å²) in [6.07, 6.45) is -48.1. The first-order valence-corrected chi connectivity index (χ1v) is 21.6. The molecule has 0 fully saturated rings. The summed E-state index contributed by atoms with van der Waals surface area (Å²) >= 11 is 0. The van der Waals surface area contributed by atoms with Gasteiger partial charge in [0.1, 0.15) is 5.60 Å². The summed E-state index contributed by atoms with van der Waals surface area (Å²) in [4.78, 5) is 0. The van der Waals surface area contributed by atoms with Crippen molar-refractivity contribution in [1.82, 2.24) is 0 Å². The van der Waals surface area contributed by atoms with E-state index in [0.717, 1.165) is 60.7 Å². The van der Waals surface area contributed by atoms with E-state index in [2.05, 4.69) is 0 Å². The summed E-state index contributed by atoms with van der Waals surface area (Å²) in [5.41, 5.74) is -40.5. The van der Waals surface area contributed by atoms with Crippen molar-refractivity contribution in [2.75, 3.05) is 0 Å². The van der Waals surface area contributed by atoms with Crippen LogP contribution in [0, 0.1) is 0 Å². The molecule has 7 aromatic carbocycles. The van der Waals surface area contributed by atoms with Gasteiger partial charge in [-0.15, -0.1) is 0 Å². The summed E-state index contributed by atoms with van der Waals surface area (Å²) in [5.74, 6) is 0. The fourth-order valence-electron chi connectivity index (χ4n) is 8.67. The Balaban J connectivity index is 2.04. The average Bonchev–Trinajstić information content (AvgIpc) is 3.40. The van der Waals surface area contributed by atoms with Crippen LogP contribution in [0.1, 0.15) is 61.2 Å². The monoisotopic (exact) mass is 1150 g/mol. The molecule has 0 saturated heterocycles. The van der Waals surface area contributed by atoms with Crippen molar-refractivity contribution in [3.05, 3.63) is 201 Å². The number of rotatable bonds is 9. The van der Waals surface area contributed by atoms with Crippen LogP contribution < -0.4 is 0 Å². The lowest BCUT2D eigenvalue weighted by Crippen LogP contribution is -2.39. The van der Waals surface area contributed by atoms with E-state index in [4.69, 9.17) is 4.65 Å². The minimum atomic E-state index is -6.07. The molecule has 7 aromatic rings. The van der Waals surface area contributed by atoms with Gasteiger partial charge >= 0.3 is 56.7 Å². The van der Waals surface area contributed by atoms with Gasteiger partial charge in [-0.05, 0) is 134 Å². The van der Waals surface area contributed by atoms with Crippen molar-refractivity contribution in [2.24, 2.45) is 0 Å². The topological polar surface area (TPSA) is 49.7 Å². The summed E-state index contributed by atoms with van der Waals surface area (Å²) in [6, 6.07) is 4.61. The molecule has 0 aliphatic heterocycles. The molecule has 7 rings (SSSR count). The molecule has 0 saturated carbocycles. The maximum atomic E-state index is 15.0. The second-order valence-corrected chi connectivity index (χ2v) is 17.1. The largest absolute Gasteiger partial charge is 0.635 e. The van der Waals surface area contributed by atoms with Crippen LogP contribution in [0.2, 0.25) is 0 Å². The Morgan fingerprint density at radius 2 is 0.506 bits per heavy atom. The zero-order valence-electron chi connectivity index (χ0n) is 38.2. The van der Waals surface area contributed by atoms with E-state index in [9.17, 15) is 115 Å². The van der Waals surface area contributed by atoms with Crippen LogP contribution in [-0.4, -0.2) is 17.4 Å². The van der Waals surface area contributed by atoms with Crippen molar-refractivity contribution in [3.8, 4) is 44.5 Å². The molecule has 0 unspecified atom stereocenters. The molecule has 3 nitrogen and oxygen atoms in total. The lowest BCUT2D eigenvalue weighted by Gasteiger charge is -2.39. The van der Waals surface area contributed by atoms with Crippen LogP contribution >= 0.6 is 0 Å². The smallest absolute Gasteiger partial charge is 0.402 e. The second kappa shape index (κ2) is 20.2. The summed E-state index contributed by atoms with van der Waals surface area (Å²) in [5, 5.41) is 21.6. The Morgan fingerprint density at radius 3 is 0.759 bits per heavy atom. The van der Waals surface area contributed by atoms with Crippen LogP contribution in [0.4, 0.5) is 105 Å². The molecule has 0 spiro atoms. The number of hydrogen-bond acceptors (Lipinski definition) is 3. The van der Waals surface area contributed by atoms with Gasteiger partial charge in [0.15, 0.2) is 0 Å². The van der Waals surface area contributed by atoms with Gasteiger partial charge in [-0.2, -0.15) is 105 Å². The Labute approximate surface area is 427 Å². The van der Waals surface area contributed by atoms with E-state index in [-0.39, 0.29) is 30.3 Å². The van der Waals surface area contributed by atoms with Gasteiger partial charge in [0.2, 0.25) is 0 Å². The van der Waals surface area contributed by atoms with Gasteiger partial charge in [-0.25, -0.2) is 0 Å². The van der Waals surface area contributed by atoms with Crippen molar-refractivity contribution >= 4 is 7.32 Å². The maximum absolute atomic E-state index is 15.0. The molecule has 0 heterocycles. The van der Waals surface area contributed by atoms with E-state index >= 15 is 0 Å². The quantitative estimate of drug-likeness (QED) is 0.0860. The highest BCUT2D eigenvalue weighted by Gasteiger charge is 2.48.